The van der Waals surface area contributed by atoms with Crippen LogP contribution in [0.1, 0.15) is 43.6 Å². The summed E-state index contributed by atoms with van der Waals surface area (Å²) in [4.78, 5) is 17.5. The van der Waals surface area contributed by atoms with Crippen molar-refractivity contribution < 1.29 is 28.2 Å². The number of halogens is 2. The van der Waals surface area contributed by atoms with Crippen LogP contribution in [0.4, 0.5) is 8.78 Å². The molecule has 1 amide bonds. The molecule has 4 rings (SSSR count). The zero-order chi connectivity index (χ0) is 23.8. The molecule has 10 heteroatoms. The van der Waals surface area contributed by atoms with Crippen molar-refractivity contribution in [3.8, 4) is 17.0 Å². The van der Waals surface area contributed by atoms with Gasteiger partial charge in [0.05, 0.1) is 29.3 Å². The van der Waals surface area contributed by atoms with Crippen molar-refractivity contribution in [3.63, 3.8) is 0 Å². The second-order valence-electron chi connectivity index (χ2n) is 8.47. The van der Waals surface area contributed by atoms with Crippen LogP contribution < -0.4 is 10.1 Å². The van der Waals surface area contributed by atoms with Gasteiger partial charge in [0.25, 0.3) is 5.91 Å². The fourth-order valence-electron chi connectivity index (χ4n) is 3.96. The number of carbonyl (C=O) groups excluding carboxylic acids is 1. The summed E-state index contributed by atoms with van der Waals surface area (Å²) in [6.07, 6.45) is 1.17. The molecular weight excluding hydrogens is 434 g/mol. The molecule has 2 aromatic heterocycles. The average molecular weight is 460 g/mol. The Kier molecular flexibility index (Phi) is 6.31. The number of nitrogens with zero attached hydrogens (tertiary/aromatic N) is 3. The highest BCUT2D eigenvalue weighted by Crippen LogP contribution is 2.31. The van der Waals surface area contributed by atoms with E-state index in [0.29, 0.717) is 40.9 Å². The lowest BCUT2D eigenvalue weighted by Gasteiger charge is -2.31. The highest BCUT2D eigenvalue weighted by Gasteiger charge is 2.41. The molecule has 0 spiro atoms. The summed E-state index contributed by atoms with van der Waals surface area (Å²) in [5.74, 6) is -0.353. The van der Waals surface area contributed by atoms with Gasteiger partial charge in [-0.05, 0) is 45.4 Å². The topological polar surface area (TPSA) is 98.5 Å². The maximum absolute atomic E-state index is 13.0. The van der Waals surface area contributed by atoms with Crippen LogP contribution >= 0.6 is 0 Å². The fraction of sp³-hybridized carbons (Fsp3) is 0.435. The van der Waals surface area contributed by atoms with Crippen molar-refractivity contribution in [3.05, 3.63) is 42.1 Å². The van der Waals surface area contributed by atoms with E-state index in [1.54, 1.807) is 29.8 Å². The molecule has 0 bridgehead atoms. The number of alkyl halides is 2. The summed E-state index contributed by atoms with van der Waals surface area (Å²) in [6.45, 7) is 3.27. The first-order valence-electron chi connectivity index (χ1n) is 10.7. The Balaban J connectivity index is 1.73. The van der Waals surface area contributed by atoms with E-state index in [2.05, 4.69) is 20.1 Å². The SMILES string of the molecule is CC(C)n1nc(-c2cccc(OC(F)F)c2)c2ncc(C(=O)N[C@]3([C@@H](C)O)CCOC3)cc21. The number of benzene rings is 1. The number of fused-ring (bicyclic) bond motifs is 1. The molecule has 0 aliphatic carbocycles. The quantitative estimate of drug-likeness (QED) is 0.560. The van der Waals surface area contributed by atoms with E-state index >= 15 is 0 Å². The number of nitrogens with one attached hydrogen (secondary N) is 1. The van der Waals surface area contributed by atoms with Crippen molar-refractivity contribution in [2.24, 2.45) is 0 Å². The molecule has 0 radical (unpaired) electrons. The van der Waals surface area contributed by atoms with Crippen LogP contribution in [0.2, 0.25) is 0 Å². The summed E-state index contributed by atoms with van der Waals surface area (Å²) >= 11 is 0. The molecule has 1 aliphatic rings. The first-order valence-corrected chi connectivity index (χ1v) is 10.7. The summed E-state index contributed by atoms with van der Waals surface area (Å²) in [5, 5.41) is 17.8. The Bertz CT molecular complexity index is 1160. The number of aliphatic hydroxyl groups is 1. The van der Waals surface area contributed by atoms with Crippen LogP contribution in [0.5, 0.6) is 5.75 Å². The van der Waals surface area contributed by atoms with Gasteiger partial charge in [0.2, 0.25) is 0 Å². The molecule has 2 atom stereocenters. The number of hydrogen-bond donors (Lipinski definition) is 2. The fourth-order valence-corrected chi connectivity index (χ4v) is 3.96. The van der Waals surface area contributed by atoms with Gasteiger partial charge in [0.15, 0.2) is 0 Å². The van der Waals surface area contributed by atoms with Crippen LogP contribution in [0.15, 0.2) is 36.5 Å². The smallest absolute Gasteiger partial charge is 0.387 e. The van der Waals surface area contributed by atoms with Crippen molar-refractivity contribution in [1.82, 2.24) is 20.1 Å². The number of hydrogen-bond acceptors (Lipinski definition) is 6. The van der Waals surface area contributed by atoms with Crippen LogP contribution in [-0.4, -0.2) is 57.2 Å². The van der Waals surface area contributed by atoms with Crippen molar-refractivity contribution in [2.45, 2.75) is 51.5 Å². The number of aromatic nitrogens is 3. The van der Waals surface area contributed by atoms with Crippen LogP contribution in [0, 0.1) is 0 Å². The van der Waals surface area contributed by atoms with Gasteiger partial charge in [-0.15, -0.1) is 0 Å². The number of amides is 1. The normalized spacial score (nSPS) is 19.4. The zero-order valence-corrected chi connectivity index (χ0v) is 18.6. The van der Waals surface area contributed by atoms with Crippen molar-refractivity contribution in [1.29, 1.82) is 0 Å². The first kappa shape index (κ1) is 23.1. The predicted octanol–water partition coefficient (Wildman–Crippen LogP) is 3.55. The molecule has 8 nitrogen and oxygen atoms in total. The van der Waals surface area contributed by atoms with Gasteiger partial charge < -0.3 is 19.9 Å². The highest BCUT2D eigenvalue weighted by molar-refractivity contribution is 5.99. The molecule has 1 aliphatic heterocycles. The number of ether oxygens (including phenoxy) is 2. The maximum Gasteiger partial charge on any atom is 0.387 e. The second kappa shape index (κ2) is 9.03. The van der Waals surface area contributed by atoms with Crippen molar-refractivity contribution in [2.75, 3.05) is 13.2 Å². The lowest BCUT2D eigenvalue weighted by Crippen LogP contribution is -2.56. The minimum absolute atomic E-state index is 0.0212. The molecule has 0 unspecified atom stereocenters. The predicted molar refractivity (Wildman–Crippen MR) is 117 cm³/mol. The monoisotopic (exact) mass is 460 g/mol. The van der Waals surface area contributed by atoms with E-state index in [-0.39, 0.29) is 24.3 Å². The van der Waals surface area contributed by atoms with Crippen molar-refractivity contribution >= 4 is 16.9 Å². The van der Waals surface area contributed by atoms with Gasteiger partial charge in [-0.2, -0.15) is 13.9 Å². The van der Waals surface area contributed by atoms with Gasteiger partial charge in [-0.1, -0.05) is 12.1 Å². The average Bonchev–Trinajstić information content (AvgIpc) is 3.38. The third kappa shape index (κ3) is 4.53. The van der Waals surface area contributed by atoms with Crippen LogP contribution in [-0.2, 0) is 4.74 Å². The minimum atomic E-state index is -2.93. The Morgan fingerprint density at radius 2 is 2.09 bits per heavy atom. The van der Waals surface area contributed by atoms with E-state index in [4.69, 9.17) is 4.74 Å². The molecule has 1 saturated heterocycles. The third-order valence-electron chi connectivity index (χ3n) is 5.84. The third-order valence-corrected chi connectivity index (χ3v) is 5.84. The summed E-state index contributed by atoms with van der Waals surface area (Å²) in [6, 6.07) is 7.91. The lowest BCUT2D eigenvalue weighted by molar-refractivity contribution is -0.0498. The molecule has 0 saturated carbocycles. The lowest BCUT2D eigenvalue weighted by atomic mass is 9.92. The molecule has 33 heavy (non-hydrogen) atoms. The van der Waals surface area contributed by atoms with E-state index in [1.165, 1.54) is 18.3 Å². The van der Waals surface area contributed by atoms with Crippen LogP contribution in [0.3, 0.4) is 0 Å². The van der Waals surface area contributed by atoms with Crippen LogP contribution in [0.25, 0.3) is 22.3 Å². The standard InChI is InChI=1S/C23H26F2N4O4/c1-13(2)29-18-10-16(21(31)27-23(14(3)30)7-8-32-12-23)11-26-20(18)19(28-29)15-5-4-6-17(9-15)33-22(24)25/h4-6,9-11,13-14,22,30H,7-8,12H2,1-3H3,(H,27,31)/t14-,23-/m1/s1. The second-order valence-corrected chi connectivity index (χ2v) is 8.47. The Morgan fingerprint density at radius 3 is 2.73 bits per heavy atom. The van der Waals surface area contributed by atoms with E-state index < -0.39 is 18.3 Å². The molecule has 176 valence electrons. The molecule has 2 N–H and O–H groups in total. The van der Waals surface area contributed by atoms with E-state index in [0.717, 1.165) is 0 Å². The Hall–Kier alpha value is -3.11. The van der Waals surface area contributed by atoms with Gasteiger partial charge in [0.1, 0.15) is 17.0 Å². The Labute approximate surface area is 189 Å². The van der Waals surface area contributed by atoms with E-state index in [9.17, 15) is 18.7 Å². The molecular formula is C23H26F2N4O4. The molecule has 1 fully saturated rings. The number of pyridine rings is 1. The van der Waals surface area contributed by atoms with Gasteiger partial charge >= 0.3 is 6.61 Å². The Morgan fingerprint density at radius 1 is 1.30 bits per heavy atom. The van der Waals surface area contributed by atoms with Gasteiger partial charge in [-0.25, -0.2) is 0 Å². The van der Waals surface area contributed by atoms with E-state index in [1.807, 2.05) is 13.8 Å². The maximum atomic E-state index is 13.0. The van der Waals surface area contributed by atoms with Gasteiger partial charge in [0, 0.05) is 24.4 Å². The number of aliphatic hydroxyl groups excluding tert-OH is 1. The largest absolute Gasteiger partial charge is 0.435 e. The number of rotatable bonds is 7. The highest BCUT2D eigenvalue weighted by atomic mass is 19.3. The molecule has 1 aromatic carbocycles. The van der Waals surface area contributed by atoms with Gasteiger partial charge in [-0.3, -0.25) is 14.5 Å². The summed E-state index contributed by atoms with van der Waals surface area (Å²) in [7, 11) is 0. The molecule has 3 heterocycles. The summed E-state index contributed by atoms with van der Waals surface area (Å²) < 4.78 is 36.9. The minimum Gasteiger partial charge on any atom is -0.435 e. The molecule has 3 aromatic rings. The zero-order valence-electron chi connectivity index (χ0n) is 18.6. The first-order chi connectivity index (χ1) is 15.7. The summed E-state index contributed by atoms with van der Waals surface area (Å²) in [5.41, 5.74) is 1.69. The number of carbonyl (C=O) groups is 1.